The van der Waals surface area contributed by atoms with Crippen molar-refractivity contribution in [3.63, 3.8) is 0 Å². The summed E-state index contributed by atoms with van der Waals surface area (Å²) in [7, 11) is 0. The number of nitrogens with one attached hydrogen (secondary N) is 1. The minimum Gasteiger partial charge on any atom is -0.483 e. The third-order valence-electron chi connectivity index (χ3n) is 2.98. The van der Waals surface area contributed by atoms with E-state index in [2.05, 4.69) is 52.2 Å². The fourth-order valence-electron chi connectivity index (χ4n) is 1.73. The van der Waals surface area contributed by atoms with Gasteiger partial charge in [0.1, 0.15) is 5.75 Å². The number of ether oxygens (including phenoxy) is 1. The molecule has 0 unspecified atom stereocenters. The summed E-state index contributed by atoms with van der Waals surface area (Å²) < 4.78 is 7.20. The van der Waals surface area contributed by atoms with Crippen molar-refractivity contribution in [3.8, 4) is 5.75 Å². The highest BCUT2D eigenvalue weighted by Gasteiger charge is 2.16. The SMILES string of the molecule is CSc1nnc(NC(=O)COc2ccc(C(C)(C)C)cc2Br)s1. The van der Waals surface area contributed by atoms with E-state index in [9.17, 15) is 4.79 Å². The second-order valence-corrected chi connectivity index (χ2v) is 8.69. The summed E-state index contributed by atoms with van der Waals surface area (Å²) in [6.45, 7) is 6.36. The van der Waals surface area contributed by atoms with Crippen molar-refractivity contribution in [2.75, 3.05) is 18.2 Å². The summed E-state index contributed by atoms with van der Waals surface area (Å²) in [5, 5.41) is 11.0. The molecule has 0 fully saturated rings. The van der Waals surface area contributed by atoms with Crippen LogP contribution in [0.1, 0.15) is 26.3 Å². The highest BCUT2D eigenvalue weighted by Crippen LogP contribution is 2.31. The average Bonchev–Trinajstić information content (AvgIpc) is 2.92. The predicted octanol–water partition coefficient (Wildman–Crippen LogP) is 4.34. The summed E-state index contributed by atoms with van der Waals surface area (Å²) in [6, 6.07) is 5.89. The van der Waals surface area contributed by atoms with Gasteiger partial charge in [0.05, 0.1) is 4.47 Å². The zero-order chi connectivity index (χ0) is 17.0. The fourth-order valence-corrected chi connectivity index (χ4v) is 3.41. The monoisotopic (exact) mass is 415 g/mol. The van der Waals surface area contributed by atoms with Gasteiger partial charge in [-0.1, -0.05) is 49.9 Å². The highest BCUT2D eigenvalue weighted by atomic mass is 79.9. The summed E-state index contributed by atoms with van der Waals surface area (Å²) in [4.78, 5) is 11.9. The molecule has 0 saturated heterocycles. The molecule has 1 amide bonds. The third kappa shape index (κ3) is 5.19. The van der Waals surface area contributed by atoms with Gasteiger partial charge in [-0.15, -0.1) is 10.2 Å². The lowest BCUT2D eigenvalue weighted by Crippen LogP contribution is -2.20. The molecule has 1 aromatic carbocycles. The van der Waals surface area contributed by atoms with E-state index in [0.717, 1.165) is 8.81 Å². The molecule has 23 heavy (non-hydrogen) atoms. The molecule has 0 radical (unpaired) electrons. The topological polar surface area (TPSA) is 64.1 Å². The number of halogens is 1. The minimum atomic E-state index is -0.263. The van der Waals surface area contributed by atoms with E-state index >= 15 is 0 Å². The quantitative estimate of drug-likeness (QED) is 0.581. The Bertz CT molecular complexity index is 698. The third-order valence-corrected chi connectivity index (χ3v) is 5.42. The normalized spacial score (nSPS) is 11.3. The molecule has 5 nitrogen and oxygen atoms in total. The molecule has 1 heterocycles. The molecule has 0 aliphatic heterocycles. The number of hydrogen-bond acceptors (Lipinski definition) is 6. The largest absolute Gasteiger partial charge is 0.483 e. The van der Waals surface area contributed by atoms with Crippen LogP contribution >= 0.6 is 39.0 Å². The number of nitrogens with zero attached hydrogens (tertiary/aromatic N) is 2. The lowest BCUT2D eigenvalue weighted by Gasteiger charge is -2.20. The number of aromatic nitrogens is 2. The average molecular weight is 416 g/mol. The zero-order valence-corrected chi connectivity index (χ0v) is 16.6. The maximum atomic E-state index is 11.9. The summed E-state index contributed by atoms with van der Waals surface area (Å²) in [5.41, 5.74) is 1.25. The van der Waals surface area contributed by atoms with E-state index in [0.29, 0.717) is 10.9 Å². The van der Waals surface area contributed by atoms with Gasteiger partial charge in [-0.25, -0.2) is 0 Å². The molecule has 0 bridgehead atoms. The van der Waals surface area contributed by atoms with Crippen LogP contribution in [0.4, 0.5) is 5.13 Å². The van der Waals surface area contributed by atoms with Crippen molar-refractivity contribution in [3.05, 3.63) is 28.2 Å². The minimum absolute atomic E-state index is 0.0608. The van der Waals surface area contributed by atoms with E-state index in [1.54, 1.807) is 0 Å². The van der Waals surface area contributed by atoms with Gasteiger partial charge in [0.25, 0.3) is 5.91 Å². The number of carbonyl (C=O) groups is 1. The first-order valence-corrected chi connectivity index (χ1v) is 9.73. The number of thioether (sulfide) groups is 1. The van der Waals surface area contributed by atoms with E-state index in [1.807, 2.05) is 24.5 Å². The molecule has 0 atom stereocenters. The Kier molecular flexibility index (Phi) is 6.05. The number of carbonyl (C=O) groups excluding carboxylic acids is 1. The van der Waals surface area contributed by atoms with Gasteiger partial charge in [0.2, 0.25) is 5.13 Å². The molecule has 0 spiro atoms. The van der Waals surface area contributed by atoms with E-state index in [1.165, 1.54) is 28.7 Å². The predicted molar refractivity (Wildman–Crippen MR) is 98.7 cm³/mol. The number of amides is 1. The van der Waals surface area contributed by atoms with Gasteiger partial charge >= 0.3 is 0 Å². The van der Waals surface area contributed by atoms with E-state index in [4.69, 9.17) is 4.74 Å². The molecule has 1 aromatic heterocycles. The smallest absolute Gasteiger partial charge is 0.264 e. The molecule has 0 aliphatic carbocycles. The van der Waals surface area contributed by atoms with Crippen LogP contribution in [0.5, 0.6) is 5.75 Å². The van der Waals surface area contributed by atoms with Crippen LogP contribution in [-0.2, 0) is 10.2 Å². The van der Waals surface area contributed by atoms with E-state index < -0.39 is 0 Å². The van der Waals surface area contributed by atoms with Crippen LogP contribution < -0.4 is 10.1 Å². The lowest BCUT2D eigenvalue weighted by molar-refractivity contribution is -0.118. The van der Waals surface area contributed by atoms with Crippen LogP contribution in [0, 0.1) is 0 Å². The van der Waals surface area contributed by atoms with Gasteiger partial charge in [-0.2, -0.15) is 0 Å². The van der Waals surface area contributed by atoms with Gasteiger partial charge in [0.15, 0.2) is 10.9 Å². The Labute approximate surface area is 152 Å². The summed E-state index contributed by atoms with van der Waals surface area (Å²) in [6.07, 6.45) is 1.91. The Morgan fingerprint density at radius 1 is 1.39 bits per heavy atom. The molecule has 8 heteroatoms. The number of hydrogen-bond donors (Lipinski definition) is 1. The highest BCUT2D eigenvalue weighted by molar-refractivity contribution is 9.10. The molecule has 1 N–H and O–H groups in total. The van der Waals surface area contributed by atoms with Gasteiger partial charge in [0, 0.05) is 0 Å². The maximum Gasteiger partial charge on any atom is 0.264 e. The summed E-state index contributed by atoms with van der Waals surface area (Å²) in [5.74, 6) is 0.371. The number of rotatable bonds is 5. The van der Waals surface area contributed by atoms with Crippen molar-refractivity contribution in [2.45, 2.75) is 30.5 Å². The fraction of sp³-hybridized carbons (Fsp3) is 0.400. The molecular weight excluding hydrogens is 398 g/mol. The molecular formula is C15H18BrN3O2S2. The van der Waals surface area contributed by atoms with Crippen molar-refractivity contribution in [1.82, 2.24) is 10.2 Å². The molecule has 124 valence electrons. The lowest BCUT2D eigenvalue weighted by atomic mass is 9.87. The first kappa shape index (κ1) is 18.2. The Hall–Kier alpha value is -1.12. The van der Waals surface area contributed by atoms with Crippen LogP contribution in [0.25, 0.3) is 0 Å². The van der Waals surface area contributed by atoms with Crippen LogP contribution in [0.3, 0.4) is 0 Å². The second kappa shape index (κ2) is 7.63. The molecule has 0 aliphatic rings. The van der Waals surface area contributed by atoms with Crippen molar-refractivity contribution in [1.29, 1.82) is 0 Å². The van der Waals surface area contributed by atoms with Crippen molar-refractivity contribution >= 4 is 50.1 Å². The van der Waals surface area contributed by atoms with Crippen LogP contribution in [0.2, 0.25) is 0 Å². The number of anilines is 1. The van der Waals surface area contributed by atoms with Gasteiger partial charge in [-0.05, 0) is 45.3 Å². The molecule has 0 saturated carbocycles. The molecule has 2 rings (SSSR count). The van der Waals surface area contributed by atoms with E-state index in [-0.39, 0.29) is 17.9 Å². The standard InChI is InChI=1S/C15H18BrN3O2S2/c1-15(2,3)9-5-6-11(10(16)7-9)21-8-12(20)17-13-18-19-14(22-4)23-13/h5-7H,8H2,1-4H3,(H,17,18,20). The molecule has 2 aromatic rings. The van der Waals surface area contributed by atoms with Crippen LogP contribution in [-0.4, -0.2) is 29.0 Å². The van der Waals surface area contributed by atoms with Crippen molar-refractivity contribution in [2.24, 2.45) is 0 Å². The first-order chi connectivity index (χ1) is 10.8. The summed E-state index contributed by atoms with van der Waals surface area (Å²) >= 11 is 6.31. The number of benzene rings is 1. The Morgan fingerprint density at radius 2 is 2.13 bits per heavy atom. The second-order valence-electron chi connectivity index (χ2n) is 5.81. The van der Waals surface area contributed by atoms with Gasteiger partial charge in [-0.3, -0.25) is 10.1 Å². The van der Waals surface area contributed by atoms with Crippen molar-refractivity contribution < 1.29 is 9.53 Å². The zero-order valence-electron chi connectivity index (χ0n) is 13.3. The Morgan fingerprint density at radius 3 is 2.70 bits per heavy atom. The van der Waals surface area contributed by atoms with Crippen LogP contribution in [0.15, 0.2) is 27.0 Å². The maximum absolute atomic E-state index is 11.9. The first-order valence-electron chi connectivity index (χ1n) is 6.90. The van der Waals surface area contributed by atoms with Gasteiger partial charge < -0.3 is 4.74 Å². The Balaban J connectivity index is 1.93.